The second-order valence-corrected chi connectivity index (χ2v) is 6.63. The van der Waals surface area contributed by atoms with Crippen LogP contribution in [-0.2, 0) is 5.41 Å². The number of nitrogens with one attached hydrogen (secondary N) is 1. The van der Waals surface area contributed by atoms with Crippen LogP contribution in [0.1, 0.15) is 47.1 Å². The van der Waals surface area contributed by atoms with Crippen LogP contribution < -0.4 is 10.1 Å². The maximum atomic E-state index is 14.4. The molecule has 0 aliphatic heterocycles. The minimum atomic E-state index is -0.278. The van der Waals surface area contributed by atoms with E-state index in [9.17, 15) is 4.39 Å². The van der Waals surface area contributed by atoms with Crippen LogP contribution in [0.4, 0.5) is 10.1 Å². The van der Waals surface area contributed by atoms with Crippen LogP contribution >= 0.6 is 0 Å². The number of ether oxygens (including phenoxy) is 1. The average Bonchev–Trinajstić information content (AvgIpc) is 2.13. The lowest BCUT2D eigenvalue weighted by molar-refractivity contribution is 0.379. The number of methoxy groups -OCH3 is 1. The van der Waals surface area contributed by atoms with E-state index in [0.717, 1.165) is 0 Å². The lowest BCUT2D eigenvalue weighted by atomic mass is 9.86. The molecular formula is C15H24FNO. The molecular weight excluding hydrogens is 229 g/mol. The van der Waals surface area contributed by atoms with Crippen LogP contribution in [0.3, 0.4) is 0 Å². The van der Waals surface area contributed by atoms with Gasteiger partial charge in [0.2, 0.25) is 0 Å². The van der Waals surface area contributed by atoms with Gasteiger partial charge in [-0.2, -0.15) is 0 Å². The third-order valence-electron chi connectivity index (χ3n) is 2.62. The zero-order valence-electron chi connectivity index (χ0n) is 12.4. The molecule has 1 rings (SSSR count). The van der Waals surface area contributed by atoms with E-state index in [1.54, 1.807) is 0 Å². The molecule has 0 fully saturated rings. The molecule has 0 saturated heterocycles. The van der Waals surface area contributed by atoms with Crippen molar-refractivity contribution in [1.29, 1.82) is 0 Å². The Morgan fingerprint density at radius 3 is 2.00 bits per heavy atom. The van der Waals surface area contributed by atoms with E-state index < -0.39 is 0 Å². The Morgan fingerprint density at radius 2 is 1.61 bits per heavy atom. The van der Waals surface area contributed by atoms with Gasteiger partial charge in [-0.05, 0) is 37.8 Å². The van der Waals surface area contributed by atoms with E-state index in [2.05, 4.69) is 5.32 Å². The molecule has 0 saturated carbocycles. The van der Waals surface area contributed by atoms with E-state index in [-0.39, 0.29) is 22.5 Å². The third kappa shape index (κ3) is 3.37. The summed E-state index contributed by atoms with van der Waals surface area (Å²) < 4.78 is 19.7. The molecule has 3 heteroatoms. The highest BCUT2D eigenvalue weighted by atomic mass is 19.1. The Hall–Kier alpha value is -1.25. The van der Waals surface area contributed by atoms with Crippen molar-refractivity contribution in [3.8, 4) is 5.75 Å². The zero-order chi connectivity index (χ0) is 14.1. The number of anilines is 1. The number of benzene rings is 1. The van der Waals surface area contributed by atoms with Crippen molar-refractivity contribution >= 4 is 5.69 Å². The monoisotopic (exact) mass is 253 g/mol. The van der Waals surface area contributed by atoms with Crippen molar-refractivity contribution in [2.45, 2.75) is 52.5 Å². The largest absolute Gasteiger partial charge is 0.492 e. The highest BCUT2D eigenvalue weighted by Gasteiger charge is 2.24. The Kier molecular flexibility index (Phi) is 3.94. The van der Waals surface area contributed by atoms with E-state index in [1.807, 2.05) is 53.7 Å². The second kappa shape index (κ2) is 4.79. The van der Waals surface area contributed by atoms with Gasteiger partial charge < -0.3 is 10.1 Å². The van der Waals surface area contributed by atoms with Gasteiger partial charge >= 0.3 is 0 Å². The van der Waals surface area contributed by atoms with Gasteiger partial charge in [-0.3, -0.25) is 0 Å². The molecule has 0 heterocycles. The predicted molar refractivity (Wildman–Crippen MR) is 75.0 cm³/mol. The molecule has 0 radical (unpaired) electrons. The third-order valence-corrected chi connectivity index (χ3v) is 2.62. The summed E-state index contributed by atoms with van der Waals surface area (Å²) in [4.78, 5) is 0. The van der Waals surface area contributed by atoms with Crippen LogP contribution in [0.25, 0.3) is 0 Å². The maximum absolute atomic E-state index is 14.4. The van der Waals surface area contributed by atoms with E-state index >= 15 is 0 Å². The normalized spacial score (nSPS) is 12.4. The Labute approximate surface area is 110 Å². The van der Waals surface area contributed by atoms with Gasteiger partial charge in [-0.15, -0.1) is 0 Å². The van der Waals surface area contributed by atoms with Crippen LogP contribution in [0.15, 0.2) is 12.1 Å². The molecule has 0 amide bonds. The molecule has 0 bridgehead atoms. The summed E-state index contributed by atoms with van der Waals surface area (Å²) in [5.41, 5.74) is 0.981. The molecule has 1 aromatic carbocycles. The number of hydrogen-bond acceptors (Lipinski definition) is 2. The van der Waals surface area contributed by atoms with Gasteiger partial charge in [-0.1, -0.05) is 26.8 Å². The SMILES string of the molecule is COc1c(NC(C)(C)C)ccc(C(C)(C)C)c1F. The summed E-state index contributed by atoms with van der Waals surface area (Å²) in [5.74, 6) is 0.0107. The van der Waals surface area contributed by atoms with Crippen molar-refractivity contribution in [3.63, 3.8) is 0 Å². The van der Waals surface area contributed by atoms with Gasteiger partial charge in [0.1, 0.15) is 0 Å². The van der Waals surface area contributed by atoms with Gasteiger partial charge in [0.15, 0.2) is 11.6 Å². The summed E-state index contributed by atoms with van der Waals surface area (Å²) in [6.07, 6.45) is 0. The molecule has 0 aliphatic rings. The first-order valence-electron chi connectivity index (χ1n) is 6.21. The first-order valence-corrected chi connectivity index (χ1v) is 6.21. The standard InChI is InChI=1S/C15H24FNO/c1-14(2,3)10-8-9-11(17-15(4,5)6)13(18-7)12(10)16/h8-9,17H,1-7H3. The summed E-state index contributed by atoms with van der Waals surface area (Å²) >= 11 is 0. The van der Waals surface area contributed by atoms with Crippen molar-refractivity contribution in [2.24, 2.45) is 0 Å². The fourth-order valence-electron chi connectivity index (χ4n) is 1.84. The molecule has 2 nitrogen and oxygen atoms in total. The van der Waals surface area contributed by atoms with Gasteiger partial charge in [0.25, 0.3) is 0 Å². The smallest absolute Gasteiger partial charge is 0.177 e. The molecule has 102 valence electrons. The molecule has 18 heavy (non-hydrogen) atoms. The van der Waals surface area contributed by atoms with Gasteiger partial charge in [0, 0.05) is 5.54 Å². The van der Waals surface area contributed by atoms with Gasteiger partial charge in [-0.25, -0.2) is 4.39 Å². The first-order chi connectivity index (χ1) is 8.06. The quantitative estimate of drug-likeness (QED) is 0.846. The number of rotatable bonds is 2. The molecule has 0 atom stereocenters. The highest BCUT2D eigenvalue weighted by molar-refractivity contribution is 5.60. The molecule has 0 aromatic heterocycles. The lowest BCUT2D eigenvalue weighted by Gasteiger charge is -2.26. The summed E-state index contributed by atoms with van der Waals surface area (Å²) in [6.45, 7) is 12.1. The fourth-order valence-corrected chi connectivity index (χ4v) is 1.84. The Balaban J connectivity index is 3.30. The van der Waals surface area contributed by atoms with Crippen LogP contribution in [0.5, 0.6) is 5.75 Å². The van der Waals surface area contributed by atoms with Crippen LogP contribution in [-0.4, -0.2) is 12.6 Å². The summed E-state index contributed by atoms with van der Waals surface area (Å²) in [7, 11) is 1.50. The van der Waals surface area contributed by atoms with E-state index in [0.29, 0.717) is 11.3 Å². The van der Waals surface area contributed by atoms with Gasteiger partial charge in [0.05, 0.1) is 12.8 Å². The minimum absolute atomic E-state index is 0.136. The van der Waals surface area contributed by atoms with E-state index in [4.69, 9.17) is 4.74 Å². The van der Waals surface area contributed by atoms with Crippen molar-refractivity contribution in [1.82, 2.24) is 0 Å². The number of halogens is 1. The van der Waals surface area contributed by atoms with Crippen molar-refractivity contribution in [3.05, 3.63) is 23.5 Å². The van der Waals surface area contributed by atoms with Crippen LogP contribution in [0.2, 0.25) is 0 Å². The second-order valence-electron chi connectivity index (χ2n) is 6.63. The highest BCUT2D eigenvalue weighted by Crippen LogP contribution is 2.36. The van der Waals surface area contributed by atoms with E-state index in [1.165, 1.54) is 7.11 Å². The molecule has 1 aromatic rings. The summed E-state index contributed by atoms with van der Waals surface area (Å²) in [5, 5.41) is 3.26. The van der Waals surface area contributed by atoms with Crippen LogP contribution in [0, 0.1) is 5.82 Å². The topological polar surface area (TPSA) is 21.3 Å². The summed E-state index contributed by atoms with van der Waals surface area (Å²) in [6, 6.07) is 3.71. The van der Waals surface area contributed by atoms with Crippen molar-refractivity contribution in [2.75, 3.05) is 12.4 Å². The minimum Gasteiger partial charge on any atom is -0.492 e. The maximum Gasteiger partial charge on any atom is 0.177 e. The molecule has 0 unspecified atom stereocenters. The Bertz CT molecular complexity index is 427. The average molecular weight is 253 g/mol. The lowest BCUT2D eigenvalue weighted by Crippen LogP contribution is -2.27. The molecule has 1 N–H and O–H groups in total. The molecule has 0 aliphatic carbocycles. The molecule has 0 spiro atoms. The zero-order valence-corrected chi connectivity index (χ0v) is 12.4. The van der Waals surface area contributed by atoms with Crippen molar-refractivity contribution < 1.29 is 9.13 Å². The Morgan fingerprint density at radius 1 is 1.06 bits per heavy atom. The fraction of sp³-hybridized carbons (Fsp3) is 0.600. The number of hydrogen-bond donors (Lipinski definition) is 1. The first kappa shape index (κ1) is 14.8. The predicted octanol–water partition coefficient (Wildman–Crippen LogP) is 4.34.